The average Bonchev–Trinajstić information content (AvgIpc) is 3.45. The van der Waals surface area contributed by atoms with E-state index in [0.29, 0.717) is 23.3 Å². The molecule has 1 aromatic carbocycles. The maximum atomic E-state index is 12.1. The number of aromatic amines is 1. The summed E-state index contributed by atoms with van der Waals surface area (Å²) in [7, 11) is 0. The Bertz CT molecular complexity index is 1120. The van der Waals surface area contributed by atoms with Crippen molar-refractivity contribution in [2.45, 2.75) is 42.8 Å². The van der Waals surface area contributed by atoms with Gasteiger partial charge in [0.1, 0.15) is 22.4 Å². The molecule has 3 heterocycles. The fraction of sp³-hybridized carbons (Fsp3) is 0.368. The van der Waals surface area contributed by atoms with Crippen molar-refractivity contribution in [3.63, 3.8) is 0 Å². The van der Waals surface area contributed by atoms with Crippen molar-refractivity contribution in [2.24, 2.45) is 0 Å². The summed E-state index contributed by atoms with van der Waals surface area (Å²) in [6.45, 7) is 2.88. The van der Waals surface area contributed by atoms with Crippen LogP contribution in [0, 0.1) is 11.3 Å². The minimum Gasteiger partial charge on any atom is -0.510 e. The van der Waals surface area contributed by atoms with E-state index in [1.807, 2.05) is 24.3 Å². The third-order valence-electron chi connectivity index (χ3n) is 4.68. The number of thioether (sulfide) groups is 1. The molecule has 2 N–H and O–H groups in total. The van der Waals surface area contributed by atoms with Crippen LogP contribution in [-0.4, -0.2) is 42.8 Å². The first-order valence-electron chi connectivity index (χ1n) is 9.19. The lowest BCUT2D eigenvalue weighted by molar-refractivity contribution is 0.0941. The van der Waals surface area contributed by atoms with Crippen LogP contribution in [0.25, 0.3) is 15.8 Å². The molecule has 0 bridgehead atoms. The predicted octanol–water partition coefficient (Wildman–Crippen LogP) is 3.33. The van der Waals surface area contributed by atoms with Crippen molar-refractivity contribution in [3.8, 4) is 6.07 Å². The molecule has 0 saturated carbocycles. The van der Waals surface area contributed by atoms with Crippen LogP contribution in [0.15, 0.2) is 40.0 Å². The van der Waals surface area contributed by atoms with Crippen LogP contribution in [0.3, 0.4) is 0 Å². The third-order valence-corrected chi connectivity index (χ3v) is 6.83. The average molecular weight is 430 g/mol. The van der Waals surface area contributed by atoms with Crippen LogP contribution in [0.1, 0.15) is 24.8 Å². The number of allylic oxidation sites excluding steroid dienone is 1. The van der Waals surface area contributed by atoms with Crippen molar-refractivity contribution in [2.75, 3.05) is 6.61 Å². The second-order valence-corrected chi connectivity index (χ2v) is 9.01. The molecule has 150 valence electrons. The molecule has 8 nitrogen and oxygen atoms in total. The number of aromatic nitrogens is 4. The number of H-pyrrole nitrogens is 1. The van der Waals surface area contributed by atoms with Gasteiger partial charge in [-0.3, -0.25) is 4.57 Å². The van der Waals surface area contributed by atoms with Gasteiger partial charge in [0.05, 0.1) is 28.1 Å². The summed E-state index contributed by atoms with van der Waals surface area (Å²) in [6, 6.07) is 9.65. The number of para-hydroxylation sites is 1. The third kappa shape index (κ3) is 4.07. The highest BCUT2D eigenvalue weighted by Gasteiger charge is 2.24. The lowest BCUT2D eigenvalue weighted by atomic mass is 10.2. The molecule has 29 heavy (non-hydrogen) atoms. The number of fused-ring (bicyclic) bond motifs is 1. The molecule has 10 heteroatoms. The van der Waals surface area contributed by atoms with E-state index in [1.165, 1.54) is 27.7 Å². The Morgan fingerprint density at radius 3 is 3.10 bits per heavy atom. The van der Waals surface area contributed by atoms with Gasteiger partial charge < -0.3 is 9.84 Å². The normalized spacial score (nSPS) is 18.6. The summed E-state index contributed by atoms with van der Waals surface area (Å²) < 4.78 is 8.08. The molecule has 0 amide bonds. The maximum absolute atomic E-state index is 12.1. The van der Waals surface area contributed by atoms with Crippen molar-refractivity contribution in [1.29, 1.82) is 5.26 Å². The molecule has 3 aromatic rings. The maximum Gasteiger partial charge on any atom is 0.344 e. The Hall–Kier alpha value is -2.61. The van der Waals surface area contributed by atoms with E-state index in [0.717, 1.165) is 23.1 Å². The number of hydrogen-bond donors (Lipinski definition) is 2. The summed E-state index contributed by atoms with van der Waals surface area (Å²) in [5.74, 6) is -0.0873. The summed E-state index contributed by atoms with van der Waals surface area (Å²) in [5.41, 5.74) is 0.603. The minimum atomic E-state index is -0.491. The fourth-order valence-corrected chi connectivity index (χ4v) is 5.06. The molecular weight excluding hydrogens is 410 g/mol. The number of ether oxygens (including phenoxy) is 1. The van der Waals surface area contributed by atoms with E-state index >= 15 is 0 Å². The first-order chi connectivity index (χ1) is 14.1. The first-order valence-corrected chi connectivity index (χ1v) is 10.9. The number of nitrogens with zero attached hydrogens (tertiary/aromatic N) is 4. The van der Waals surface area contributed by atoms with Crippen LogP contribution in [0.4, 0.5) is 0 Å². The summed E-state index contributed by atoms with van der Waals surface area (Å²) in [5, 5.41) is 27.3. The minimum absolute atomic E-state index is 0.0125. The van der Waals surface area contributed by atoms with Crippen LogP contribution in [-0.2, 0) is 11.3 Å². The Balaban J connectivity index is 1.59. The van der Waals surface area contributed by atoms with Gasteiger partial charge in [-0.1, -0.05) is 23.9 Å². The van der Waals surface area contributed by atoms with E-state index < -0.39 is 5.25 Å². The van der Waals surface area contributed by atoms with Gasteiger partial charge in [-0.05, 0) is 31.9 Å². The highest BCUT2D eigenvalue weighted by molar-refractivity contribution is 7.99. The van der Waals surface area contributed by atoms with Gasteiger partial charge >= 0.3 is 5.69 Å². The van der Waals surface area contributed by atoms with Gasteiger partial charge in [-0.2, -0.15) is 5.26 Å². The van der Waals surface area contributed by atoms with Gasteiger partial charge in [0.25, 0.3) is 0 Å². The summed E-state index contributed by atoms with van der Waals surface area (Å²) >= 11 is 2.57. The van der Waals surface area contributed by atoms with Crippen LogP contribution >= 0.6 is 23.1 Å². The van der Waals surface area contributed by atoms with E-state index in [-0.39, 0.29) is 23.1 Å². The van der Waals surface area contributed by atoms with Gasteiger partial charge in [-0.15, -0.1) is 16.4 Å². The monoisotopic (exact) mass is 429 g/mol. The lowest BCUT2D eigenvalue weighted by Gasteiger charge is -2.14. The number of hydrogen-bond acceptors (Lipinski definition) is 8. The molecule has 2 unspecified atom stereocenters. The van der Waals surface area contributed by atoms with Crippen LogP contribution in [0.5, 0.6) is 0 Å². The number of aliphatic hydroxyl groups is 1. The highest BCUT2D eigenvalue weighted by Crippen LogP contribution is 2.33. The summed E-state index contributed by atoms with van der Waals surface area (Å²) in [4.78, 5) is 16.6. The molecule has 1 aliphatic rings. The molecule has 2 aromatic heterocycles. The number of thiazole rings is 1. The van der Waals surface area contributed by atoms with E-state index in [9.17, 15) is 15.2 Å². The second-order valence-electron chi connectivity index (χ2n) is 6.68. The van der Waals surface area contributed by atoms with Gasteiger partial charge in [0.2, 0.25) is 0 Å². The molecule has 1 aliphatic heterocycles. The molecule has 0 radical (unpaired) electrons. The van der Waals surface area contributed by atoms with E-state index in [1.54, 1.807) is 6.92 Å². The van der Waals surface area contributed by atoms with Crippen molar-refractivity contribution in [1.82, 2.24) is 19.7 Å². The predicted molar refractivity (Wildman–Crippen MR) is 112 cm³/mol. The number of nitriles is 1. The van der Waals surface area contributed by atoms with E-state index in [2.05, 4.69) is 21.3 Å². The highest BCUT2D eigenvalue weighted by atomic mass is 32.2. The molecule has 4 rings (SSSR count). The zero-order valence-corrected chi connectivity index (χ0v) is 17.3. The quantitative estimate of drug-likeness (QED) is 0.351. The van der Waals surface area contributed by atoms with Gasteiger partial charge in [0.15, 0.2) is 5.16 Å². The van der Waals surface area contributed by atoms with Crippen molar-refractivity contribution in [3.05, 3.63) is 45.5 Å². The lowest BCUT2D eigenvalue weighted by Crippen LogP contribution is -2.25. The fourth-order valence-electron chi connectivity index (χ4n) is 3.16. The molecule has 2 atom stereocenters. The van der Waals surface area contributed by atoms with Crippen molar-refractivity contribution >= 4 is 38.9 Å². The zero-order chi connectivity index (χ0) is 20.4. The molecule has 0 aliphatic carbocycles. The van der Waals surface area contributed by atoms with Gasteiger partial charge in [0, 0.05) is 6.61 Å². The zero-order valence-electron chi connectivity index (χ0n) is 15.7. The van der Waals surface area contributed by atoms with Crippen molar-refractivity contribution < 1.29 is 9.84 Å². The topological polar surface area (TPSA) is 117 Å². The number of nitrogens with one attached hydrogen (secondary N) is 1. The van der Waals surface area contributed by atoms with Crippen LogP contribution in [0.2, 0.25) is 0 Å². The molecule has 0 spiro atoms. The Kier molecular flexibility index (Phi) is 5.71. The largest absolute Gasteiger partial charge is 0.510 e. The van der Waals surface area contributed by atoms with Gasteiger partial charge in [-0.25, -0.2) is 14.9 Å². The number of aliphatic hydroxyl groups excluding tert-OH is 1. The van der Waals surface area contributed by atoms with Crippen LogP contribution < -0.4 is 5.69 Å². The standard InChI is InChI=1S/C19H19N5O3S2/c1-11(28-19-23-22-18(26)24(19)10-12-5-4-8-27-12)16(25)13(9-20)17-21-14-6-2-3-7-15(14)29-17/h2-3,6-7,11-12,25H,4-5,8,10H2,1H3,(H,22,26)/b16-13+. The number of benzene rings is 1. The smallest absolute Gasteiger partial charge is 0.344 e. The Morgan fingerprint density at radius 1 is 1.55 bits per heavy atom. The molecule has 1 saturated heterocycles. The Labute approximate surface area is 174 Å². The summed E-state index contributed by atoms with van der Waals surface area (Å²) in [6.07, 6.45) is 1.87. The first kappa shape index (κ1) is 19.7. The van der Waals surface area contributed by atoms with E-state index in [4.69, 9.17) is 4.74 Å². The molecule has 1 fully saturated rings. The number of rotatable bonds is 6. The second kappa shape index (κ2) is 8.41. The SMILES string of the molecule is CC(Sc1n[nH]c(=O)n1CC1CCCO1)/C(O)=C(/C#N)c1nc2ccccc2s1. The Morgan fingerprint density at radius 2 is 2.38 bits per heavy atom. The molecular formula is C19H19N5O3S2.